The van der Waals surface area contributed by atoms with Gasteiger partial charge in [0.2, 0.25) is 10.0 Å². The van der Waals surface area contributed by atoms with Crippen molar-refractivity contribution in [2.45, 2.75) is 11.4 Å². The fourth-order valence-corrected chi connectivity index (χ4v) is 3.67. The van der Waals surface area contributed by atoms with Gasteiger partial charge in [-0.25, -0.2) is 13.1 Å². The average Bonchev–Trinajstić information content (AvgIpc) is 2.68. The fraction of sp³-hybridized carbons (Fsp3) is 0.0526. The summed E-state index contributed by atoms with van der Waals surface area (Å²) in [6.45, 7) is 0.138. The minimum Gasteiger partial charge on any atom is -0.321 e. The highest BCUT2D eigenvalue weighted by Gasteiger charge is 2.13. The lowest BCUT2D eigenvalue weighted by molar-refractivity contribution is 0.102. The largest absolute Gasteiger partial charge is 0.321 e. The van der Waals surface area contributed by atoms with Crippen LogP contribution >= 0.6 is 22.6 Å². The Hall–Kier alpha value is -2.30. The molecule has 3 aromatic rings. The molecule has 1 amide bonds. The third-order valence-corrected chi connectivity index (χ3v) is 5.86. The number of pyridine rings is 1. The fourth-order valence-electron chi connectivity index (χ4n) is 2.29. The minimum absolute atomic E-state index is 0.138. The molecule has 1 aromatic heterocycles. The van der Waals surface area contributed by atoms with Gasteiger partial charge < -0.3 is 5.32 Å². The van der Waals surface area contributed by atoms with Crippen LogP contribution in [0.1, 0.15) is 15.9 Å². The zero-order valence-corrected chi connectivity index (χ0v) is 17.1. The van der Waals surface area contributed by atoms with Crippen LogP contribution in [0.2, 0.25) is 0 Å². The highest BCUT2D eigenvalue weighted by Crippen LogP contribution is 2.13. The van der Waals surface area contributed by atoms with Crippen molar-refractivity contribution in [3.8, 4) is 0 Å². The smallest absolute Gasteiger partial charge is 0.255 e. The molecular weight excluding hydrogens is 477 g/mol. The van der Waals surface area contributed by atoms with Crippen LogP contribution in [0.3, 0.4) is 0 Å². The number of hydrogen-bond donors (Lipinski definition) is 2. The van der Waals surface area contributed by atoms with Crippen molar-refractivity contribution in [1.82, 2.24) is 9.71 Å². The summed E-state index contributed by atoms with van der Waals surface area (Å²) in [6.07, 6.45) is 3.19. The maximum Gasteiger partial charge on any atom is 0.255 e. The van der Waals surface area contributed by atoms with E-state index in [0.29, 0.717) is 11.3 Å². The third kappa shape index (κ3) is 5.34. The summed E-state index contributed by atoms with van der Waals surface area (Å²) in [6, 6.07) is 16.8. The lowest BCUT2D eigenvalue weighted by atomic mass is 10.1. The first kappa shape index (κ1) is 19.5. The van der Waals surface area contributed by atoms with Gasteiger partial charge in [0, 0.05) is 21.9 Å². The maximum absolute atomic E-state index is 12.3. The molecule has 0 aliphatic carbocycles. The van der Waals surface area contributed by atoms with Gasteiger partial charge >= 0.3 is 0 Å². The molecule has 0 fully saturated rings. The summed E-state index contributed by atoms with van der Waals surface area (Å²) in [5, 5.41) is 2.75. The number of rotatable bonds is 6. The van der Waals surface area contributed by atoms with Crippen LogP contribution in [0.15, 0.2) is 78.0 Å². The normalized spacial score (nSPS) is 11.1. The van der Waals surface area contributed by atoms with Crippen LogP contribution in [0.25, 0.3) is 0 Å². The minimum atomic E-state index is -3.58. The number of benzene rings is 2. The lowest BCUT2D eigenvalue weighted by Gasteiger charge is -2.08. The van der Waals surface area contributed by atoms with Crippen molar-refractivity contribution in [2.75, 3.05) is 5.32 Å². The molecule has 0 bridgehead atoms. The van der Waals surface area contributed by atoms with Gasteiger partial charge in [0.15, 0.2) is 0 Å². The van der Waals surface area contributed by atoms with Gasteiger partial charge in [-0.2, -0.15) is 0 Å². The number of carbonyl (C=O) groups excluding carboxylic acids is 1. The van der Waals surface area contributed by atoms with E-state index in [0.717, 1.165) is 9.13 Å². The zero-order valence-electron chi connectivity index (χ0n) is 14.1. The van der Waals surface area contributed by atoms with E-state index in [-0.39, 0.29) is 17.3 Å². The van der Waals surface area contributed by atoms with Crippen LogP contribution < -0.4 is 10.0 Å². The summed E-state index contributed by atoms with van der Waals surface area (Å²) < 4.78 is 28.1. The standard InChI is InChI=1S/C19H16IN3O3S/c20-16-7-9-18(10-8-16)27(25,26)22-12-14-3-5-15(6-4-14)19(24)23-17-2-1-11-21-13-17/h1-11,13,22H,12H2,(H,23,24). The number of carbonyl (C=O) groups is 1. The first-order valence-corrected chi connectivity index (χ1v) is 10.6. The summed E-state index contributed by atoms with van der Waals surface area (Å²) in [4.78, 5) is 16.4. The molecule has 3 rings (SSSR count). The predicted molar refractivity (Wildman–Crippen MR) is 112 cm³/mol. The molecular formula is C19H16IN3O3S. The lowest BCUT2D eigenvalue weighted by Crippen LogP contribution is -2.23. The Morgan fingerprint density at radius 2 is 1.70 bits per heavy atom. The summed E-state index contributed by atoms with van der Waals surface area (Å²) in [5.74, 6) is -0.256. The first-order valence-electron chi connectivity index (χ1n) is 7.99. The van der Waals surface area contributed by atoms with E-state index in [1.807, 2.05) is 0 Å². The molecule has 0 aliphatic rings. The van der Waals surface area contributed by atoms with Gasteiger partial charge in [-0.1, -0.05) is 12.1 Å². The molecule has 27 heavy (non-hydrogen) atoms. The molecule has 0 saturated heterocycles. The van der Waals surface area contributed by atoms with E-state index in [2.05, 4.69) is 37.6 Å². The van der Waals surface area contributed by atoms with Gasteiger partial charge in [0.05, 0.1) is 16.8 Å². The van der Waals surface area contributed by atoms with Crippen LogP contribution in [-0.2, 0) is 16.6 Å². The number of nitrogens with zero attached hydrogens (tertiary/aromatic N) is 1. The third-order valence-electron chi connectivity index (χ3n) is 3.73. The van der Waals surface area contributed by atoms with Crippen LogP contribution in [0.4, 0.5) is 5.69 Å². The number of hydrogen-bond acceptors (Lipinski definition) is 4. The van der Waals surface area contributed by atoms with Crippen LogP contribution in [-0.4, -0.2) is 19.3 Å². The number of anilines is 1. The van der Waals surface area contributed by atoms with Gasteiger partial charge in [-0.15, -0.1) is 0 Å². The van der Waals surface area contributed by atoms with E-state index in [9.17, 15) is 13.2 Å². The Morgan fingerprint density at radius 3 is 2.33 bits per heavy atom. The molecule has 0 saturated carbocycles. The molecule has 2 aromatic carbocycles. The molecule has 1 heterocycles. The Labute approximate surface area is 171 Å². The van der Waals surface area contributed by atoms with Crippen molar-refractivity contribution < 1.29 is 13.2 Å². The van der Waals surface area contributed by atoms with Gasteiger partial charge in [0.1, 0.15) is 0 Å². The van der Waals surface area contributed by atoms with Gasteiger partial charge in [-0.05, 0) is 76.7 Å². The highest BCUT2D eigenvalue weighted by atomic mass is 127. The average molecular weight is 493 g/mol. The second-order valence-corrected chi connectivity index (χ2v) is 8.68. The number of nitrogens with one attached hydrogen (secondary N) is 2. The van der Waals surface area contributed by atoms with Crippen molar-refractivity contribution in [1.29, 1.82) is 0 Å². The van der Waals surface area contributed by atoms with E-state index < -0.39 is 10.0 Å². The highest BCUT2D eigenvalue weighted by molar-refractivity contribution is 14.1. The van der Waals surface area contributed by atoms with Crippen molar-refractivity contribution >= 4 is 44.2 Å². The molecule has 0 spiro atoms. The second-order valence-electron chi connectivity index (χ2n) is 5.67. The molecule has 0 radical (unpaired) electrons. The second kappa shape index (κ2) is 8.59. The van der Waals surface area contributed by atoms with Crippen molar-refractivity contribution in [2.24, 2.45) is 0 Å². The number of sulfonamides is 1. The Kier molecular flexibility index (Phi) is 6.19. The summed E-state index contributed by atoms with van der Waals surface area (Å²) in [5.41, 5.74) is 1.84. The van der Waals surface area contributed by atoms with Crippen molar-refractivity contribution in [3.63, 3.8) is 0 Å². The van der Waals surface area contributed by atoms with E-state index in [1.54, 1.807) is 73.1 Å². The predicted octanol–water partition coefficient (Wildman–Crippen LogP) is 3.42. The summed E-state index contributed by atoms with van der Waals surface area (Å²) in [7, 11) is -3.58. The zero-order chi connectivity index (χ0) is 19.3. The van der Waals surface area contributed by atoms with E-state index >= 15 is 0 Å². The quantitative estimate of drug-likeness (QED) is 0.516. The van der Waals surface area contributed by atoms with Gasteiger partial charge in [-0.3, -0.25) is 9.78 Å². The van der Waals surface area contributed by atoms with Gasteiger partial charge in [0.25, 0.3) is 5.91 Å². The Balaban J connectivity index is 1.62. The van der Waals surface area contributed by atoms with E-state index in [1.165, 1.54) is 0 Å². The molecule has 138 valence electrons. The van der Waals surface area contributed by atoms with Crippen LogP contribution in [0, 0.1) is 3.57 Å². The molecule has 0 unspecified atom stereocenters. The van der Waals surface area contributed by atoms with E-state index in [4.69, 9.17) is 0 Å². The van der Waals surface area contributed by atoms with Crippen LogP contribution in [0.5, 0.6) is 0 Å². The van der Waals surface area contributed by atoms with Crippen molar-refractivity contribution in [3.05, 3.63) is 87.8 Å². The first-order chi connectivity index (χ1) is 12.9. The Bertz CT molecular complexity index is 1020. The number of aromatic nitrogens is 1. The molecule has 6 nitrogen and oxygen atoms in total. The monoisotopic (exact) mass is 493 g/mol. The maximum atomic E-state index is 12.3. The summed E-state index contributed by atoms with van der Waals surface area (Å²) >= 11 is 2.12. The molecule has 2 N–H and O–H groups in total. The Morgan fingerprint density at radius 1 is 1.00 bits per heavy atom. The molecule has 0 aliphatic heterocycles. The number of halogens is 1. The number of amides is 1. The SMILES string of the molecule is O=C(Nc1cccnc1)c1ccc(CNS(=O)(=O)c2ccc(I)cc2)cc1. The molecule has 0 atom stereocenters. The topological polar surface area (TPSA) is 88.2 Å². The molecule has 8 heteroatoms.